The van der Waals surface area contributed by atoms with Gasteiger partial charge in [0.05, 0.1) is 0 Å². The summed E-state index contributed by atoms with van der Waals surface area (Å²) >= 11 is 6.67. The number of rotatable bonds is 4. The highest BCUT2D eigenvalue weighted by Crippen LogP contribution is 2.28. The summed E-state index contributed by atoms with van der Waals surface area (Å²) in [6, 6.07) is 10.3. The SMILES string of the molecule is C[C@H](N)c1ccc(Br)cc1OCc1cc(F)cc(Br)c1. The zero-order chi connectivity index (χ0) is 14.7. The van der Waals surface area contributed by atoms with Crippen LogP contribution in [0.1, 0.15) is 24.1 Å². The maximum absolute atomic E-state index is 13.3. The Kier molecular flexibility index (Phi) is 5.18. The van der Waals surface area contributed by atoms with Crippen LogP contribution in [-0.4, -0.2) is 0 Å². The van der Waals surface area contributed by atoms with Crippen LogP contribution >= 0.6 is 31.9 Å². The Labute approximate surface area is 134 Å². The molecule has 5 heteroatoms. The lowest BCUT2D eigenvalue weighted by atomic mass is 10.1. The minimum Gasteiger partial charge on any atom is -0.489 e. The predicted molar refractivity (Wildman–Crippen MR) is 85.2 cm³/mol. The van der Waals surface area contributed by atoms with Crippen molar-refractivity contribution in [3.05, 3.63) is 62.3 Å². The van der Waals surface area contributed by atoms with E-state index >= 15 is 0 Å². The fraction of sp³-hybridized carbons (Fsp3) is 0.200. The van der Waals surface area contributed by atoms with Gasteiger partial charge in [0.25, 0.3) is 0 Å². The quantitative estimate of drug-likeness (QED) is 0.785. The van der Waals surface area contributed by atoms with Crippen molar-refractivity contribution in [3.63, 3.8) is 0 Å². The van der Waals surface area contributed by atoms with Crippen LogP contribution in [-0.2, 0) is 6.61 Å². The number of nitrogens with two attached hydrogens (primary N) is 1. The first-order chi connectivity index (χ1) is 9.45. The molecule has 0 radical (unpaired) electrons. The predicted octanol–water partition coefficient (Wildman–Crippen LogP) is 4.95. The Hall–Kier alpha value is -0.910. The molecule has 106 valence electrons. The van der Waals surface area contributed by atoms with Crippen molar-refractivity contribution in [3.8, 4) is 5.75 Å². The summed E-state index contributed by atoms with van der Waals surface area (Å²) in [6.45, 7) is 2.18. The van der Waals surface area contributed by atoms with E-state index < -0.39 is 0 Å². The van der Waals surface area contributed by atoms with Gasteiger partial charge in [-0.05, 0) is 42.8 Å². The molecule has 0 amide bonds. The van der Waals surface area contributed by atoms with E-state index in [2.05, 4.69) is 31.9 Å². The lowest BCUT2D eigenvalue weighted by molar-refractivity contribution is 0.300. The number of hydrogen-bond acceptors (Lipinski definition) is 2. The second-order valence-corrected chi connectivity index (χ2v) is 6.37. The highest BCUT2D eigenvalue weighted by atomic mass is 79.9. The fourth-order valence-corrected chi connectivity index (χ4v) is 2.72. The summed E-state index contributed by atoms with van der Waals surface area (Å²) < 4.78 is 20.7. The summed E-state index contributed by atoms with van der Waals surface area (Å²) in [6.07, 6.45) is 0. The summed E-state index contributed by atoms with van der Waals surface area (Å²) in [5.41, 5.74) is 7.60. The van der Waals surface area contributed by atoms with Gasteiger partial charge < -0.3 is 10.5 Å². The minimum atomic E-state index is -0.292. The Balaban J connectivity index is 2.20. The molecule has 2 aromatic rings. The van der Waals surface area contributed by atoms with E-state index in [0.717, 1.165) is 15.6 Å². The molecule has 0 aliphatic rings. The molecule has 20 heavy (non-hydrogen) atoms. The normalized spacial score (nSPS) is 12.2. The van der Waals surface area contributed by atoms with Crippen LogP contribution in [0.15, 0.2) is 45.3 Å². The van der Waals surface area contributed by atoms with E-state index in [4.69, 9.17) is 10.5 Å². The van der Waals surface area contributed by atoms with E-state index in [0.29, 0.717) is 10.2 Å². The molecule has 2 nitrogen and oxygen atoms in total. The first-order valence-corrected chi connectivity index (χ1v) is 7.67. The van der Waals surface area contributed by atoms with Crippen LogP contribution in [0.2, 0.25) is 0 Å². The Bertz CT molecular complexity index is 597. The molecule has 0 bridgehead atoms. The lowest BCUT2D eigenvalue weighted by Gasteiger charge is -2.14. The van der Waals surface area contributed by atoms with Gasteiger partial charge in [-0.2, -0.15) is 0 Å². The molecule has 2 aromatic carbocycles. The van der Waals surface area contributed by atoms with Crippen molar-refractivity contribution >= 4 is 31.9 Å². The number of halogens is 3. The van der Waals surface area contributed by atoms with Crippen LogP contribution in [0.5, 0.6) is 5.75 Å². The second kappa shape index (κ2) is 6.70. The average molecular weight is 403 g/mol. The van der Waals surface area contributed by atoms with Crippen molar-refractivity contribution in [1.29, 1.82) is 0 Å². The van der Waals surface area contributed by atoms with Crippen LogP contribution in [0.4, 0.5) is 4.39 Å². The zero-order valence-electron chi connectivity index (χ0n) is 10.9. The van der Waals surface area contributed by atoms with Crippen LogP contribution in [0.25, 0.3) is 0 Å². The van der Waals surface area contributed by atoms with E-state index in [-0.39, 0.29) is 18.5 Å². The van der Waals surface area contributed by atoms with Gasteiger partial charge in [0.2, 0.25) is 0 Å². The first kappa shape index (κ1) is 15.5. The highest BCUT2D eigenvalue weighted by Gasteiger charge is 2.09. The molecule has 0 heterocycles. The van der Waals surface area contributed by atoms with Crippen LogP contribution in [0, 0.1) is 5.82 Å². The van der Waals surface area contributed by atoms with Gasteiger partial charge >= 0.3 is 0 Å². The van der Waals surface area contributed by atoms with Crippen molar-refractivity contribution in [1.82, 2.24) is 0 Å². The van der Waals surface area contributed by atoms with Crippen molar-refractivity contribution in [2.45, 2.75) is 19.6 Å². The molecular formula is C15H14Br2FNO. The Morgan fingerprint density at radius 2 is 1.90 bits per heavy atom. The molecule has 0 unspecified atom stereocenters. The van der Waals surface area contributed by atoms with Gasteiger partial charge in [0.1, 0.15) is 18.2 Å². The van der Waals surface area contributed by atoms with E-state index in [1.807, 2.05) is 31.2 Å². The maximum atomic E-state index is 13.3. The molecule has 0 saturated heterocycles. The number of benzene rings is 2. The average Bonchev–Trinajstić information content (AvgIpc) is 2.35. The van der Waals surface area contributed by atoms with Crippen LogP contribution in [0.3, 0.4) is 0 Å². The van der Waals surface area contributed by atoms with Gasteiger partial charge in [-0.25, -0.2) is 4.39 Å². The highest BCUT2D eigenvalue weighted by molar-refractivity contribution is 9.10. The third kappa shape index (κ3) is 4.04. The minimum absolute atomic E-state index is 0.127. The molecule has 0 aromatic heterocycles. The molecule has 0 aliphatic heterocycles. The van der Waals surface area contributed by atoms with Gasteiger partial charge in [-0.15, -0.1) is 0 Å². The largest absolute Gasteiger partial charge is 0.489 e. The first-order valence-electron chi connectivity index (χ1n) is 6.08. The molecular weight excluding hydrogens is 389 g/mol. The summed E-state index contributed by atoms with van der Waals surface area (Å²) in [5, 5.41) is 0. The summed E-state index contributed by atoms with van der Waals surface area (Å²) in [5.74, 6) is 0.411. The Morgan fingerprint density at radius 3 is 2.55 bits per heavy atom. The van der Waals surface area contributed by atoms with E-state index in [1.54, 1.807) is 0 Å². The third-order valence-corrected chi connectivity index (χ3v) is 3.73. The monoisotopic (exact) mass is 401 g/mol. The Morgan fingerprint density at radius 1 is 1.15 bits per heavy atom. The molecule has 2 rings (SSSR count). The third-order valence-electron chi connectivity index (χ3n) is 2.78. The molecule has 0 spiro atoms. The summed E-state index contributed by atoms with van der Waals surface area (Å²) in [4.78, 5) is 0. The van der Waals surface area contributed by atoms with Gasteiger partial charge in [0, 0.05) is 20.6 Å². The zero-order valence-corrected chi connectivity index (χ0v) is 14.0. The molecule has 0 saturated carbocycles. The second-order valence-electron chi connectivity index (χ2n) is 4.54. The van der Waals surface area contributed by atoms with Crippen molar-refractivity contribution in [2.75, 3.05) is 0 Å². The molecule has 1 atom stereocenters. The maximum Gasteiger partial charge on any atom is 0.125 e. The van der Waals surface area contributed by atoms with Crippen molar-refractivity contribution in [2.24, 2.45) is 5.73 Å². The molecule has 2 N–H and O–H groups in total. The number of hydrogen-bond donors (Lipinski definition) is 1. The van der Waals surface area contributed by atoms with Gasteiger partial charge in [-0.1, -0.05) is 37.9 Å². The van der Waals surface area contributed by atoms with Crippen LogP contribution < -0.4 is 10.5 Å². The number of ether oxygens (including phenoxy) is 1. The molecule has 0 aliphatic carbocycles. The standard InChI is InChI=1S/C15H14Br2FNO/c1-9(19)14-3-2-11(16)7-15(14)20-8-10-4-12(17)6-13(18)5-10/h2-7,9H,8,19H2,1H3/t9-/m0/s1. The van der Waals surface area contributed by atoms with Gasteiger partial charge in [-0.3, -0.25) is 0 Å². The fourth-order valence-electron chi connectivity index (χ4n) is 1.86. The smallest absolute Gasteiger partial charge is 0.125 e. The topological polar surface area (TPSA) is 35.2 Å². The van der Waals surface area contributed by atoms with Gasteiger partial charge in [0.15, 0.2) is 0 Å². The van der Waals surface area contributed by atoms with E-state index in [1.165, 1.54) is 12.1 Å². The lowest BCUT2D eigenvalue weighted by Crippen LogP contribution is -2.08. The summed E-state index contributed by atoms with van der Waals surface area (Å²) in [7, 11) is 0. The van der Waals surface area contributed by atoms with E-state index in [9.17, 15) is 4.39 Å². The van der Waals surface area contributed by atoms with Crippen molar-refractivity contribution < 1.29 is 9.13 Å². The molecule has 0 fully saturated rings.